The van der Waals surface area contributed by atoms with Gasteiger partial charge in [0.05, 0.1) is 11.5 Å². The number of fused-ring (bicyclic) bond motifs is 2. The third-order valence-corrected chi connectivity index (χ3v) is 3.62. The first-order chi connectivity index (χ1) is 8.77. The van der Waals surface area contributed by atoms with Gasteiger partial charge in [-0.15, -0.1) is 0 Å². The number of nitrogens with zero attached hydrogens (tertiary/aromatic N) is 1. The highest BCUT2D eigenvalue weighted by molar-refractivity contribution is 6.03. The van der Waals surface area contributed by atoms with E-state index in [1.165, 1.54) is 0 Å². The van der Waals surface area contributed by atoms with Gasteiger partial charge < -0.3 is 9.90 Å². The molecule has 0 aliphatic heterocycles. The number of benzene rings is 1. The molecule has 0 saturated heterocycles. The summed E-state index contributed by atoms with van der Waals surface area (Å²) in [7, 11) is 0. The Labute approximate surface area is 105 Å². The maximum Gasteiger partial charge on any atom is 0.0725 e. The number of aryl methyl sites for hydroxylation is 1. The second kappa shape index (κ2) is 4.41. The zero-order chi connectivity index (χ0) is 12.5. The average molecular weight is 240 g/mol. The number of rotatable bonds is 1. The van der Waals surface area contributed by atoms with Gasteiger partial charge in [0.1, 0.15) is 0 Å². The van der Waals surface area contributed by atoms with Crippen LogP contribution >= 0.6 is 0 Å². The molecule has 1 aliphatic carbocycles. The summed E-state index contributed by atoms with van der Waals surface area (Å²) in [6, 6.07) is 7.42. The van der Waals surface area contributed by atoms with Crippen LogP contribution in [0, 0.1) is 0 Å². The van der Waals surface area contributed by atoms with Crippen molar-refractivity contribution in [2.45, 2.75) is 32.1 Å². The Kier molecular flexibility index (Phi) is 2.74. The van der Waals surface area contributed by atoms with Crippen molar-refractivity contribution in [1.29, 1.82) is 0 Å². The van der Waals surface area contributed by atoms with Gasteiger partial charge in [-0.05, 0) is 37.3 Å². The molecule has 1 aliphatic rings. The molecule has 1 heterocycles. The first-order valence-electron chi connectivity index (χ1n) is 6.39. The fourth-order valence-electron chi connectivity index (χ4n) is 2.78. The SMILES string of the molecule is O=C([O-])c1c2c(nc3ccccc13)CCCCC2. The Morgan fingerprint density at radius 2 is 1.89 bits per heavy atom. The van der Waals surface area contributed by atoms with Crippen LogP contribution in [0.25, 0.3) is 10.9 Å². The third-order valence-electron chi connectivity index (χ3n) is 3.62. The molecular weight excluding hydrogens is 226 g/mol. The number of aromatic carboxylic acids is 1. The van der Waals surface area contributed by atoms with Crippen LogP contribution in [0.2, 0.25) is 0 Å². The minimum absolute atomic E-state index is 0.359. The van der Waals surface area contributed by atoms with Crippen molar-refractivity contribution in [2.75, 3.05) is 0 Å². The number of aromatic nitrogens is 1. The summed E-state index contributed by atoms with van der Waals surface area (Å²) in [5.41, 5.74) is 2.96. The molecule has 3 nitrogen and oxygen atoms in total. The number of carbonyl (C=O) groups is 1. The average Bonchev–Trinajstić information content (AvgIpc) is 2.60. The minimum Gasteiger partial charge on any atom is -0.545 e. The second-order valence-electron chi connectivity index (χ2n) is 4.78. The summed E-state index contributed by atoms with van der Waals surface area (Å²) in [6.45, 7) is 0. The number of pyridine rings is 1. The monoisotopic (exact) mass is 240 g/mol. The highest BCUT2D eigenvalue weighted by Gasteiger charge is 2.17. The van der Waals surface area contributed by atoms with Crippen LogP contribution in [0.3, 0.4) is 0 Å². The second-order valence-corrected chi connectivity index (χ2v) is 4.78. The van der Waals surface area contributed by atoms with Gasteiger partial charge in [-0.25, -0.2) is 0 Å². The van der Waals surface area contributed by atoms with E-state index >= 15 is 0 Å². The van der Waals surface area contributed by atoms with Crippen molar-refractivity contribution in [2.24, 2.45) is 0 Å². The number of carboxylic acids is 1. The number of carboxylic acid groups (broad SMARTS) is 1. The van der Waals surface area contributed by atoms with Crippen molar-refractivity contribution >= 4 is 16.9 Å². The fraction of sp³-hybridized carbons (Fsp3) is 0.333. The van der Waals surface area contributed by atoms with E-state index in [1.54, 1.807) is 0 Å². The van der Waals surface area contributed by atoms with Gasteiger partial charge in [0.25, 0.3) is 0 Å². The Hall–Kier alpha value is -1.90. The Morgan fingerprint density at radius 3 is 2.72 bits per heavy atom. The van der Waals surface area contributed by atoms with Crippen LogP contribution in [0.5, 0.6) is 0 Å². The number of para-hydroxylation sites is 1. The summed E-state index contributed by atoms with van der Waals surface area (Å²) < 4.78 is 0. The van der Waals surface area contributed by atoms with E-state index in [4.69, 9.17) is 0 Å². The van der Waals surface area contributed by atoms with Gasteiger partial charge in [0.15, 0.2) is 0 Å². The fourth-order valence-corrected chi connectivity index (χ4v) is 2.78. The lowest BCUT2D eigenvalue weighted by Crippen LogP contribution is -2.25. The predicted molar refractivity (Wildman–Crippen MR) is 67.3 cm³/mol. The maximum atomic E-state index is 11.5. The molecule has 0 fully saturated rings. The Balaban J connectivity index is 2.36. The molecule has 0 atom stereocenters. The molecule has 1 aromatic carbocycles. The van der Waals surface area contributed by atoms with Gasteiger partial charge in [-0.2, -0.15) is 0 Å². The van der Waals surface area contributed by atoms with Crippen LogP contribution in [0.15, 0.2) is 24.3 Å². The molecule has 2 aromatic rings. The minimum atomic E-state index is -1.08. The molecule has 1 aromatic heterocycles. The van der Waals surface area contributed by atoms with E-state index in [9.17, 15) is 9.90 Å². The van der Waals surface area contributed by atoms with E-state index in [0.717, 1.165) is 48.9 Å². The van der Waals surface area contributed by atoms with E-state index in [-0.39, 0.29) is 0 Å². The summed E-state index contributed by atoms with van der Waals surface area (Å²) in [5, 5.41) is 12.2. The highest BCUT2D eigenvalue weighted by atomic mass is 16.4. The first kappa shape index (κ1) is 11.2. The summed E-state index contributed by atoms with van der Waals surface area (Å²) in [4.78, 5) is 16.1. The largest absolute Gasteiger partial charge is 0.545 e. The topological polar surface area (TPSA) is 53.0 Å². The lowest BCUT2D eigenvalue weighted by atomic mass is 9.97. The van der Waals surface area contributed by atoms with Crippen LogP contribution in [0.1, 0.15) is 40.9 Å². The van der Waals surface area contributed by atoms with Crippen LogP contribution < -0.4 is 5.11 Å². The third kappa shape index (κ3) is 1.76. The predicted octanol–water partition coefficient (Wildman–Crippen LogP) is 1.87. The highest BCUT2D eigenvalue weighted by Crippen LogP contribution is 2.28. The van der Waals surface area contributed by atoms with Gasteiger partial charge in [-0.3, -0.25) is 4.98 Å². The quantitative estimate of drug-likeness (QED) is 0.715. The van der Waals surface area contributed by atoms with E-state index in [1.807, 2.05) is 24.3 Å². The molecule has 18 heavy (non-hydrogen) atoms. The van der Waals surface area contributed by atoms with E-state index in [2.05, 4.69) is 4.98 Å². The van der Waals surface area contributed by atoms with Gasteiger partial charge >= 0.3 is 0 Å². The lowest BCUT2D eigenvalue weighted by molar-refractivity contribution is -0.254. The molecule has 0 N–H and O–H groups in total. The van der Waals surface area contributed by atoms with Crippen LogP contribution in [-0.4, -0.2) is 11.0 Å². The standard InChI is InChI=1S/C15H15NO2/c17-15(18)14-10-6-2-1-3-8-12(10)16-13-9-5-4-7-11(13)14/h4-5,7,9H,1-3,6,8H2,(H,17,18)/p-1. The molecule has 0 bridgehead atoms. The molecule has 0 radical (unpaired) electrons. The smallest absolute Gasteiger partial charge is 0.0725 e. The first-order valence-corrected chi connectivity index (χ1v) is 6.39. The molecule has 3 rings (SSSR count). The van der Waals surface area contributed by atoms with Crippen molar-refractivity contribution < 1.29 is 9.90 Å². The van der Waals surface area contributed by atoms with Crippen molar-refractivity contribution in [3.8, 4) is 0 Å². The zero-order valence-electron chi connectivity index (χ0n) is 10.1. The Bertz CT molecular complexity index is 619. The molecule has 92 valence electrons. The number of carbonyl (C=O) groups excluding carboxylic acids is 1. The van der Waals surface area contributed by atoms with E-state index in [0.29, 0.717) is 10.9 Å². The van der Waals surface area contributed by atoms with Crippen molar-refractivity contribution in [1.82, 2.24) is 4.98 Å². The number of hydrogen-bond acceptors (Lipinski definition) is 3. The van der Waals surface area contributed by atoms with Crippen molar-refractivity contribution in [3.05, 3.63) is 41.1 Å². The molecule has 0 amide bonds. The van der Waals surface area contributed by atoms with E-state index < -0.39 is 5.97 Å². The van der Waals surface area contributed by atoms with Crippen LogP contribution in [0.4, 0.5) is 0 Å². The normalized spacial score (nSPS) is 15.1. The lowest BCUT2D eigenvalue weighted by Gasteiger charge is -2.15. The molecule has 0 unspecified atom stereocenters. The molecular formula is C15H14NO2-. The zero-order valence-corrected chi connectivity index (χ0v) is 10.1. The maximum absolute atomic E-state index is 11.5. The summed E-state index contributed by atoms with van der Waals surface area (Å²) >= 11 is 0. The summed E-state index contributed by atoms with van der Waals surface area (Å²) in [5.74, 6) is -1.08. The van der Waals surface area contributed by atoms with Gasteiger partial charge in [0.2, 0.25) is 0 Å². The van der Waals surface area contributed by atoms with Gasteiger partial charge in [-0.1, -0.05) is 24.6 Å². The summed E-state index contributed by atoms with van der Waals surface area (Å²) in [6.07, 6.45) is 4.94. The molecule has 0 saturated carbocycles. The van der Waals surface area contributed by atoms with Gasteiger partial charge in [0, 0.05) is 16.6 Å². The molecule has 3 heteroatoms. The Morgan fingerprint density at radius 1 is 1.11 bits per heavy atom. The van der Waals surface area contributed by atoms with Crippen molar-refractivity contribution in [3.63, 3.8) is 0 Å². The number of hydrogen-bond donors (Lipinski definition) is 0. The molecule has 0 spiro atoms. The van der Waals surface area contributed by atoms with Crippen LogP contribution in [-0.2, 0) is 12.8 Å².